The van der Waals surface area contributed by atoms with E-state index >= 15 is 0 Å². The molecule has 0 amide bonds. The molecule has 2 atom stereocenters. The van der Waals surface area contributed by atoms with Crippen LogP contribution in [0.5, 0.6) is 0 Å². The zero-order valence-electron chi connectivity index (χ0n) is 20.3. The van der Waals surface area contributed by atoms with Crippen LogP contribution in [0.1, 0.15) is 36.0 Å². The zero-order valence-corrected chi connectivity index (χ0v) is 21.9. The average molecular weight is 566 g/mol. The quantitative estimate of drug-likeness (QED) is 0.102. The maximum absolute atomic E-state index is 14.6. The Hall–Kier alpha value is -2.88. The lowest BCUT2D eigenvalue weighted by Crippen LogP contribution is -2.27. The fourth-order valence-electron chi connectivity index (χ4n) is 3.25. The average Bonchev–Trinajstić information content (AvgIpc) is 2.83. The van der Waals surface area contributed by atoms with Gasteiger partial charge >= 0.3 is 11.9 Å². The Bertz CT molecular complexity index is 946. The summed E-state index contributed by atoms with van der Waals surface area (Å²) in [5, 5.41) is 15.6. The third kappa shape index (κ3) is 12.7. The topological polar surface area (TPSA) is 104 Å². The van der Waals surface area contributed by atoms with E-state index in [-0.39, 0.29) is 5.78 Å². The van der Waals surface area contributed by atoms with E-state index < -0.39 is 28.2 Å². The van der Waals surface area contributed by atoms with Crippen LogP contribution in [-0.4, -0.2) is 64.1 Å². The molecular formula is C27H33BrFNO6. The molecule has 0 aliphatic heterocycles. The number of ketones is 1. The van der Waals surface area contributed by atoms with Crippen molar-refractivity contribution in [3.8, 4) is 0 Å². The Balaban J connectivity index is 0.000000697. The van der Waals surface area contributed by atoms with Crippen LogP contribution in [0.2, 0.25) is 0 Å². The van der Waals surface area contributed by atoms with Gasteiger partial charge in [0.05, 0.1) is 5.92 Å². The largest absolute Gasteiger partial charge is 0.478 e. The number of Topliss-reactive ketones (excluding diaryl/α,β-unsaturated/α-hetero) is 1. The Morgan fingerprint density at radius 2 is 1.72 bits per heavy atom. The number of aliphatic carboxylic acids is 2. The molecule has 0 radical (unpaired) electrons. The van der Waals surface area contributed by atoms with Crippen LogP contribution in [0.25, 0.3) is 0 Å². The number of carboxylic acid groups (broad SMARTS) is 2. The first-order valence-corrected chi connectivity index (χ1v) is 12.3. The van der Waals surface area contributed by atoms with Crippen LogP contribution in [0.4, 0.5) is 4.39 Å². The molecule has 0 spiro atoms. The number of carbonyl (C=O) groups is 3. The number of likely N-dealkylation sites (N-methyl/N-ethyl adjacent to an activating group) is 1. The highest BCUT2D eigenvalue weighted by Gasteiger charge is 2.32. The van der Waals surface area contributed by atoms with Crippen molar-refractivity contribution in [3.05, 3.63) is 84.8 Å². The van der Waals surface area contributed by atoms with E-state index in [4.69, 9.17) is 14.9 Å². The number of hydrogen-bond acceptors (Lipinski definition) is 5. The summed E-state index contributed by atoms with van der Waals surface area (Å²) in [6.45, 7) is 6.23. The predicted molar refractivity (Wildman–Crippen MR) is 141 cm³/mol. The smallest absolute Gasteiger partial charge is 0.328 e. The number of hydrogen-bond donors (Lipinski definition) is 2. The van der Waals surface area contributed by atoms with E-state index in [1.165, 1.54) is 6.08 Å². The lowest BCUT2D eigenvalue weighted by atomic mass is 9.92. The summed E-state index contributed by atoms with van der Waals surface area (Å²) in [5.74, 6) is -4.14. The van der Waals surface area contributed by atoms with Gasteiger partial charge in [-0.05, 0) is 54.5 Å². The Kier molecular flexibility index (Phi) is 14.5. The molecule has 9 heteroatoms. The van der Waals surface area contributed by atoms with Gasteiger partial charge in [-0.2, -0.15) is 0 Å². The summed E-state index contributed by atoms with van der Waals surface area (Å²) in [6, 6.07) is 8.78. The summed E-state index contributed by atoms with van der Waals surface area (Å²) in [4.78, 5) is 33.8. The van der Waals surface area contributed by atoms with Gasteiger partial charge in [-0.1, -0.05) is 55.3 Å². The molecule has 1 aliphatic rings. The first kappa shape index (κ1) is 31.2. The van der Waals surface area contributed by atoms with E-state index in [9.17, 15) is 18.8 Å². The van der Waals surface area contributed by atoms with E-state index in [1.54, 1.807) is 36.4 Å². The second-order valence-corrected chi connectivity index (χ2v) is 9.36. The van der Waals surface area contributed by atoms with Gasteiger partial charge in [-0.25, -0.2) is 14.0 Å². The highest BCUT2D eigenvalue weighted by atomic mass is 79.9. The molecule has 1 aromatic carbocycles. The number of nitrogens with zero attached hydrogens (tertiary/aromatic N) is 1. The maximum atomic E-state index is 14.6. The maximum Gasteiger partial charge on any atom is 0.328 e. The molecule has 36 heavy (non-hydrogen) atoms. The van der Waals surface area contributed by atoms with Crippen LogP contribution < -0.4 is 0 Å². The second-order valence-electron chi connectivity index (χ2n) is 8.12. The molecule has 2 rings (SSSR count). The fraction of sp³-hybridized carbons (Fsp3) is 0.370. The predicted octanol–water partition coefficient (Wildman–Crippen LogP) is 5.41. The molecule has 0 saturated carbocycles. The summed E-state index contributed by atoms with van der Waals surface area (Å²) in [5.41, 5.74) is 0.502. The molecule has 0 bridgehead atoms. The van der Waals surface area contributed by atoms with E-state index in [1.807, 2.05) is 12.1 Å². The molecule has 1 aromatic rings. The Labute approximate surface area is 219 Å². The van der Waals surface area contributed by atoms with Crippen molar-refractivity contribution in [1.29, 1.82) is 0 Å². The second kappa shape index (κ2) is 16.7. The van der Waals surface area contributed by atoms with Crippen molar-refractivity contribution in [3.63, 3.8) is 0 Å². The summed E-state index contributed by atoms with van der Waals surface area (Å²) >= 11 is 3.44. The number of alkyl halides is 1. The van der Waals surface area contributed by atoms with Crippen LogP contribution in [-0.2, 0) is 14.3 Å². The summed E-state index contributed by atoms with van der Waals surface area (Å²) in [7, 11) is 2.09. The SMILES string of the molecule is C=CCN(C)CCCCCCOC1(Br)C=CC(C(=O)c2ccccc2)C(F)=C1.O=C(O)/C=C/C(=O)O. The monoisotopic (exact) mass is 565 g/mol. The number of carbonyl (C=O) groups excluding carboxylic acids is 1. The minimum atomic E-state index is -1.26. The lowest BCUT2D eigenvalue weighted by molar-refractivity contribution is -0.134. The standard InChI is InChI=1S/C23H29BrFNO2.C4H4O4/c1-3-15-26(2)16-9-4-5-10-17-28-23(24)14-13-20(21(25)18-23)22(27)19-11-7-6-8-12-19;5-3(6)1-2-4(7)8/h3,6-8,11-14,18,20H,1,4-5,9-10,15-17H2,2H3;1-2H,(H,5,6)(H,7,8)/b;2-1+. The molecule has 2 unspecified atom stereocenters. The zero-order chi connectivity index (χ0) is 27.0. The van der Waals surface area contributed by atoms with Crippen molar-refractivity contribution in [1.82, 2.24) is 4.90 Å². The number of unbranched alkanes of at least 4 members (excludes halogenated alkanes) is 3. The van der Waals surface area contributed by atoms with E-state index in [0.29, 0.717) is 24.3 Å². The molecule has 0 aromatic heterocycles. The Morgan fingerprint density at radius 3 is 2.28 bits per heavy atom. The van der Waals surface area contributed by atoms with E-state index in [2.05, 4.69) is 34.5 Å². The van der Waals surface area contributed by atoms with Gasteiger partial charge in [-0.3, -0.25) is 4.79 Å². The molecule has 0 saturated heterocycles. The number of rotatable bonds is 14. The molecule has 196 valence electrons. The molecule has 2 N–H and O–H groups in total. The van der Waals surface area contributed by atoms with Crippen molar-refractivity contribution in [2.75, 3.05) is 26.7 Å². The number of allylic oxidation sites excluding steroid dienone is 2. The van der Waals surface area contributed by atoms with Crippen molar-refractivity contribution < 1.29 is 33.7 Å². The van der Waals surface area contributed by atoms with Crippen LogP contribution >= 0.6 is 15.9 Å². The number of halogens is 2. The van der Waals surface area contributed by atoms with Crippen LogP contribution in [0, 0.1) is 5.92 Å². The number of ether oxygens (including phenoxy) is 1. The van der Waals surface area contributed by atoms with Gasteiger partial charge in [0, 0.05) is 30.9 Å². The number of carboxylic acids is 2. The first-order valence-electron chi connectivity index (χ1n) is 11.5. The van der Waals surface area contributed by atoms with Gasteiger partial charge < -0.3 is 19.8 Å². The minimum absolute atomic E-state index is 0.249. The number of benzene rings is 1. The van der Waals surface area contributed by atoms with Gasteiger partial charge in [0.2, 0.25) is 0 Å². The fourth-order valence-corrected chi connectivity index (χ4v) is 3.78. The van der Waals surface area contributed by atoms with Crippen LogP contribution in [0.3, 0.4) is 0 Å². The van der Waals surface area contributed by atoms with E-state index in [0.717, 1.165) is 38.8 Å². The third-order valence-corrected chi connectivity index (χ3v) is 5.78. The molecule has 0 heterocycles. The highest BCUT2D eigenvalue weighted by molar-refractivity contribution is 9.10. The Morgan fingerprint density at radius 1 is 1.11 bits per heavy atom. The van der Waals surface area contributed by atoms with Crippen molar-refractivity contribution in [2.45, 2.75) is 30.2 Å². The summed E-state index contributed by atoms with van der Waals surface area (Å²) in [6.07, 6.45) is 11.9. The van der Waals surface area contributed by atoms with Gasteiger partial charge in [0.15, 0.2) is 10.3 Å². The molecule has 0 fully saturated rings. The van der Waals surface area contributed by atoms with Gasteiger partial charge in [-0.15, -0.1) is 6.58 Å². The highest BCUT2D eigenvalue weighted by Crippen LogP contribution is 2.35. The van der Waals surface area contributed by atoms with Crippen molar-refractivity contribution >= 4 is 33.7 Å². The van der Waals surface area contributed by atoms with Crippen LogP contribution in [0.15, 0.2) is 79.2 Å². The summed E-state index contributed by atoms with van der Waals surface area (Å²) < 4.78 is 19.4. The van der Waals surface area contributed by atoms with Crippen molar-refractivity contribution in [2.24, 2.45) is 5.92 Å². The van der Waals surface area contributed by atoms with Gasteiger partial charge in [0.1, 0.15) is 5.83 Å². The van der Waals surface area contributed by atoms with Gasteiger partial charge in [0.25, 0.3) is 0 Å². The lowest BCUT2D eigenvalue weighted by Gasteiger charge is -2.26. The molecule has 7 nitrogen and oxygen atoms in total. The molecular weight excluding hydrogens is 533 g/mol. The minimum Gasteiger partial charge on any atom is -0.478 e. The normalized spacial score (nSPS) is 18.9. The first-order chi connectivity index (χ1) is 17.1. The molecule has 1 aliphatic carbocycles. The third-order valence-electron chi connectivity index (χ3n) is 5.06.